The number of halogens is 1. The molecule has 8 heteroatoms. The van der Waals surface area contributed by atoms with Crippen LogP contribution in [0.5, 0.6) is 11.5 Å². The normalized spacial score (nSPS) is 10.6. The van der Waals surface area contributed by atoms with Gasteiger partial charge < -0.3 is 14.8 Å². The minimum atomic E-state index is -0.371. The first-order valence-electron chi connectivity index (χ1n) is 9.20. The van der Waals surface area contributed by atoms with Gasteiger partial charge in [0.1, 0.15) is 11.5 Å². The summed E-state index contributed by atoms with van der Waals surface area (Å²) in [6, 6.07) is 12.1. The van der Waals surface area contributed by atoms with E-state index in [9.17, 15) is 9.59 Å². The van der Waals surface area contributed by atoms with Gasteiger partial charge >= 0.3 is 0 Å². The molecule has 0 spiro atoms. The molecule has 2 N–H and O–H groups in total. The molecule has 2 aromatic rings. The molecule has 0 aliphatic carbocycles. The average molecular weight is 418 g/mol. The summed E-state index contributed by atoms with van der Waals surface area (Å²) in [6.45, 7) is 2.58. The molecule has 0 heterocycles. The molecule has 2 aromatic carbocycles. The molecule has 0 atom stereocenters. The van der Waals surface area contributed by atoms with Gasteiger partial charge in [-0.15, -0.1) is 0 Å². The van der Waals surface area contributed by atoms with Crippen LogP contribution >= 0.6 is 11.6 Å². The first-order valence-corrected chi connectivity index (χ1v) is 9.57. The number of carbonyl (C=O) groups excluding carboxylic acids is 2. The molecule has 0 bridgehead atoms. The van der Waals surface area contributed by atoms with Crippen molar-refractivity contribution in [3.63, 3.8) is 0 Å². The summed E-state index contributed by atoms with van der Waals surface area (Å²) in [4.78, 5) is 23.9. The van der Waals surface area contributed by atoms with Crippen LogP contribution in [0.15, 0.2) is 47.6 Å². The monoisotopic (exact) mass is 417 g/mol. The molecule has 2 rings (SSSR count). The lowest BCUT2D eigenvalue weighted by Crippen LogP contribution is -2.20. The van der Waals surface area contributed by atoms with Crippen LogP contribution < -0.4 is 20.2 Å². The molecule has 0 aliphatic heterocycles. The zero-order chi connectivity index (χ0) is 21.1. The van der Waals surface area contributed by atoms with Crippen molar-refractivity contribution >= 4 is 35.3 Å². The topological polar surface area (TPSA) is 89.0 Å². The van der Waals surface area contributed by atoms with Crippen molar-refractivity contribution < 1.29 is 19.1 Å². The highest BCUT2D eigenvalue weighted by atomic mass is 35.5. The lowest BCUT2D eigenvalue weighted by Gasteiger charge is -2.08. The Morgan fingerprint density at radius 1 is 1.10 bits per heavy atom. The Kier molecular flexibility index (Phi) is 8.98. The fourth-order valence-electron chi connectivity index (χ4n) is 2.32. The number of methoxy groups -OCH3 is 1. The molecular weight excluding hydrogens is 394 g/mol. The minimum absolute atomic E-state index is 0.00800. The second kappa shape index (κ2) is 11.7. The largest absolute Gasteiger partial charge is 0.497 e. The van der Waals surface area contributed by atoms with Crippen LogP contribution in [0.2, 0.25) is 5.02 Å². The van der Waals surface area contributed by atoms with Gasteiger partial charge in [0.15, 0.2) is 0 Å². The molecule has 0 fully saturated rings. The minimum Gasteiger partial charge on any atom is -0.497 e. The van der Waals surface area contributed by atoms with Crippen LogP contribution in [-0.2, 0) is 9.59 Å². The Labute approximate surface area is 175 Å². The van der Waals surface area contributed by atoms with Gasteiger partial charge in [0.2, 0.25) is 11.8 Å². The molecule has 29 heavy (non-hydrogen) atoms. The summed E-state index contributed by atoms with van der Waals surface area (Å²) in [7, 11) is 1.57. The van der Waals surface area contributed by atoms with Crippen LogP contribution in [0.4, 0.5) is 5.69 Å². The average Bonchev–Trinajstić information content (AvgIpc) is 2.72. The standard InChI is InChI=1S/C21H24ClN3O4/c1-3-12-29-19-9-4-16(22)13-15(19)14-23-25-21(27)11-10-20(26)24-17-5-7-18(28-2)8-6-17/h4-9,13-14H,3,10-12H2,1-2H3,(H,24,26)(H,25,27). The van der Waals surface area contributed by atoms with E-state index in [1.54, 1.807) is 49.6 Å². The maximum atomic E-state index is 12.0. The third-order valence-corrected chi connectivity index (χ3v) is 4.01. The van der Waals surface area contributed by atoms with Crippen molar-refractivity contribution in [3.8, 4) is 11.5 Å². The quantitative estimate of drug-likeness (QED) is 0.451. The van der Waals surface area contributed by atoms with E-state index in [-0.39, 0.29) is 24.7 Å². The van der Waals surface area contributed by atoms with E-state index in [0.717, 1.165) is 6.42 Å². The van der Waals surface area contributed by atoms with E-state index in [1.165, 1.54) is 6.21 Å². The van der Waals surface area contributed by atoms with E-state index >= 15 is 0 Å². The van der Waals surface area contributed by atoms with Crippen LogP contribution in [0.25, 0.3) is 0 Å². The van der Waals surface area contributed by atoms with Gasteiger partial charge in [0.25, 0.3) is 0 Å². The van der Waals surface area contributed by atoms with E-state index in [2.05, 4.69) is 15.8 Å². The number of hydrazone groups is 1. The van der Waals surface area contributed by atoms with Crippen LogP contribution in [0, 0.1) is 0 Å². The molecule has 7 nitrogen and oxygen atoms in total. The SMILES string of the molecule is CCCOc1ccc(Cl)cc1C=NNC(=O)CCC(=O)Nc1ccc(OC)cc1. The number of rotatable bonds is 10. The number of ether oxygens (including phenoxy) is 2. The number of benzene rings is 2. The highest BCUT2D eigenvalue weighted by Gasteiger charge is 2.07. The predicted molar refractivity (Wildman–Crippen MR) is 114 cm³/mol. The highest BCUT2D eigenvalue weighted by Crippen LogP contribution is 2.21. The number of carbonyl (C=O) groups is 2. The summed E-state index contributed by atoms with van der Waals surface area (Å²) < 4.78 is 10.7. The summed E-state index contributed by atoms with van der Waals surface area (Å²) >= 11 is 6.00. The van der Waals surface area contributed by atoms with E-state index in [1.807, 2.05) is 6.92 Å². The van der Waals surface area contributed by atoms with Crippen LogP contribution in [-0.4, -0.2) is 31.7 Å². The van der Waals surface area contributed by atoms with Gasteiger partial charge in [0.05, 0.1) is 19.9 Å². The molecule has 0 saturated carbocycles. The van der Waals surface area contributed by atoms with E-state index in [4.69, 9.17) is 21.1 Å². The summed E-state index contributed by atoms with van der Waals surface area (Å²) in [6.07, 6.45) is 2.38. The third-order valence-electron chi connectivity index (χ3n) is 3.78. The summed E-state index contributed by atoms with van der Waals surface area (Å²) in [5.41, 5.74) is 3.69. The molecule has 0 unspecified atom stereocenters. The van der Waals surface area contributed by atoms with Gasteiger partial charge in [-0.2, -0.15) is 5.10 Å². The first kappa shape index (κ1) is 22.2. The third kappa shape index (κ3) is 7.83. The van der Waals surface area contributed by atoms with Gasteiger partial charge in [-0.05, 0) is 48.9 Å². The second-order valence-corrected chi connectivity index (χ2v) is 6.54. The fourth-order valence-corrected chi connectivity index (χ4v) is 2.50. The fraction of sp³-hybridized carbons (Fsp3) is 0.286. The van der Waals surface area contributed by atoms with Crippen molar-refractivity contribution in [3.05, 3.63) is 53.1 Å². The number of nitrogens with one attached hydrogen (secondary N) is 2. The van der Waals surface area contributed by atoms with Gasteiger partial charge in [-0.25, -0.2) is 5.43 Å². The summed E-state index contributed by atoms with van der Waals surface area (Å²) in [5, 5.41) is 7.18. The molecular formula is C21H24ClN3O4. The predicted octanol–water partition coefficient (Wildman–Crippen LogP) is 4.01. The van der Waals surface area contributed by atoms with E-state index in [0.29, 0.717) is 34.4 Å². The summed E-state index contributed by atoms with van der Waals surface area (Å²) in [5.74, 6) is 0.694. The first-order chi connectivity index (χ1) is 14.0. The molecule has 0 saturated heterocycles. The number of amides is 2. The number of anilines is 1. The molecule has 154 valence electrons. The maximum Gasteiger partial charge on any atom is 0.240 e. The van der Waals surface area contributed by atoms with Gasteiger partial charge in [-0.1, -0.05) is 18.5 Å². The molecule has 2 amide bonds. The Morgan fingerprint density at radius 2 is 1.83 bits per heavy atom. The van der Waals surface area contributed by atoms with Crippen molar-refractivity contribution in [2.45, 2.75) is 26.2 Å². The smallest absolute Gasteiger partial charge is 0.240 e. The Morgan fingerprint density at radius 3 is 2.52 bits per heavy atom. The Balaban J connectivity index is 1.80. The van der Waals surface area contributed by atoms with E-state index < -0.39 is 0 Å². The maximum absolute atomic E-state index is 12.0. The van der Waals surface area contributed by atoms with Crippen molar-refractivity contribution in [2.75, 3.05) is 19.0 Å². The van der Waals surface area contributed by atoms with Crippen molar-refractivity contribution in [1.29, 1.82) is 0 Å². The molecule has 0 aliphatic rings. The second-order valence-electron chi connectivity index (χ2n) is 6.10. The van der Waals surface area contributed by atoms with Gasteiger partial charge in [0, 0.05) is 29.1 Å². The van der Waals surface area contributed by atoms with Crippen molar-refractivity contribution in [2.24, 2.45) is 5.10 Å². The zero-order valence-electron chi connectivity index (χ0n) is 16.4. The van der Waals surface area contributed by atoms with Crippen molar-refractivity contribution in [1.82, 2.24) is 5.43 Å². The number of hydrogen-bond donors (Lipinski definition) is 2. The lowest BCUT2D eigenvalue weighted by molar-refractivity contribution is -0.124. The highest BCUT2D eigenvalue weighted by molar-refractivity contribution is 6.30. The molecule has 0 aromatic heterocycles. The zero-order valence-corrected chi connectivity index (χ0v) is 17.2. The van der Waals surface area contributed by atoms with Gasteiger partial charge in [-0.3, -0.25) is 9.59 Å². The number of nitrogens with zero attached hydrogens (tertiary/aromatic N) is 1. The molecule has 0 radical (unpaired) electrons. The Bertz CT molecular complexity index is 854. The van der Waals surface area contributed by atoms with Crippen LogP contribution in [0.1, 0.15) is 31.7 Å². The number of hydrogen-bond acceptors (Lipinski definition) is 5. The van der Waals surface area contributed by atoms with Crippen LogP contribution in [0.3, 0.4) is 0 Å². The lowest BCUT2D eigenvalue weighted by atomic mass is 10.2. The Hall–Kier alpha value is -3.06.